The van der Waals surface area contributed by atoms with E-state index >= 15 is 0 Å². The lowest BCUT2D eigenvalue weighted by molar-refractivity contribution is 0.0735. The molecule has 0 aliphatic carbocycles. The molecule has 4 rings (SSSR count). The van der Waals surface area contributed by atoms with Crippen LogP contribution in [0.5, 0.6) is 0 Å². The Morgan fingerprint density at radius 2 is 1.44 bits per heavy atom. The van der Waals surface area contributed by atoms with Gasteiger partial charge in [0.2, 0.25) is 0 Å². The molecule has 25 heavy (non-hydrogen) atoms. The van der Waals surface area contributed by atoms with E-state index in [-0.39, 0.29) is 0 Å². The fourth-order valence-corrected chi connectivity index (χ4v) is 3.83. The van der Waals surface area contributed by atoms with Crippen LogP contribution in [0.3, 0.4) is 0 Å². The summed E-state index contributed by atoms with van der Waals surface area (Å²) in [6, 6.07) is 20.8. The number of hydrogen-bond donors (Lipinski definition) is 0. The predicted molar refractivity (Wildman–Crippen MR) is 106 cm³/mol. The van der Waals surface area contributed by atoms with E-state index in [0.29, 0.717) is 6.10 Å². The summed E-state index contributed by atoms with van der Waals surface area (Å²) in [6.45, 7) is 3.43. The summed E-state index contributed by atoms with van der Waals surface area (Å²) in [5.41, 5.74) is 2.26. The summed E-state index contributed by atoms with van der Waals surface area (Å²) < 4.78 is 5.85. The second-order valence-electron chi connectivity index (χ2n) is 6.58. The molecule has 0 saturated carbocycles. The summed E-state index contributed by atoms with van der Waals surface area (Å²) in [5, 5.41) is 0.848. The van der Waals surface area contributed by atoms with Gasteiger partial charge in [-0.05, 0) is 49.3 Å². The first-order valence-electron chi connectivity index (χ1n) is 8.84. The molecule has 2 aliphatic heterocycles. The molecule has 2 aliphatic rings. The van der Waals surface area contributed by atoms with Gasteiger partial charge in [-0.3, -0.25) is 4.90 Å². The topological polar surface area (TPSA) is 19.0 Å². The largest absolute Gasteiger partial charge is 0.377 e. The molecule has 0 spiro atoms. The number of anilines is 2. The van der Waals surface area contributed by atoms with Gasteiger partial charge in [-0.15, -0.1) is 0 Å². The summed E-state index contributed by atoms with van der Waals surface area (Å²) in [5.74, 6) is 0. The minimum absolute atomic E-state index is 0.335. The van der Waals surface area contributed by atoms with Crippen molar-refractivity contribution in [3.63, 3.8) is 0 Å². The van der Waals surface area contributed by atoms with E-state index in [4.69, 9.17) is 17.0 Å². The van der Waals surface area contributed by atoms with Gasteiger partial charge in [-0.2, -0.15) is 0 Å². The third kappa shape index (κ3) is 3.68. The fourth-order valence-electron chi connectivity index (χ4n) is 3.50. The Morgan fingerprint density at radius 1 is 0.880 bits per heavy atom. The summed E-state index contributed by atoms with van der Waals surface area (Å²) in [6.07, 6.45) is 2.65. The van der Waals surface area contributed by atoms with Gasteiger partial charge in [0.25, 0.3) is 0 Å². The molecule has 2 aromatic rings. The van der Waals surface area contributed by atoms with Crippen molar-refractivity contribution in [2.24, 2.45) is 0 Å². The summed E-state index contributed by atoms with van der Waals surface area (Å²) >= 11 is 5.84. The van der Waals surface area contributed by atoms with Crippen LogP contribution in [-0.4, -0.2) is 42.6 Å². The fraction of sp³-hybridized carbons (Fsp3) is 0.350. The monoisotopic (exact) mass is 353 g/mol. The van der Waals surface area contributed by atoms with Gasteiger partial charge in [-0.1, -0.05) is 36.4 Å². The van der Waals surface area contributed by atoms with E-state index in [2.05, 4.69) is 63.2 Å². The van der Waals surface area contributed by atoms with Crippen LogP contribution in [0.2, 0.25) is 0 Å². The van der Waals surface area contributed by atoms with Crippen molar-refractivity contribution >= 4 is 28.7 Å². The normalized spacial score (nSPS) is 21.8. The molecule has 2 aromatic carbocycles. The van der Waals surface area contributed by atoms with Crippen LogP contribution in [0.1, 0.15) is 12.8 Å². The molecular weight excluding hydrogens is 330 g/mol. The molecule has 2 saturated heterocycles. The average Bonchev–Trinajstić information content (AvgIpc) is 3.17. The van der Waals surface area contributed by atoms with Crippen LogP contribution in [0.15, 0.2) is 60.7 Å². The van der Waals surface area contributed by atoms with Crippen LogP contribution >= 0.6 is 12.2 Å². The van der Waals surface area contributed by atoms with Gasteiger partial charge in [0.05, 0.1) is 19.4 Å². The van der Waals surface area contributed by atoms with Gasteiger partial charge in [0, 0.05) is 24.5 Å². The minimum atomic E-state index is 0.335. The van der Waals surface area contributed by atoms with E-state index in [1.807, 2.05) is 12.1 Å². The van der Waals surface area contributed by atoms with Crippen LogP contribution in [0.25, 0.3) is 0 Å². The van der Waals surface area contributed by atoms with Crippen molar-refractivity contribution in [2.45, 2.75) is 18.9 Å². The second-order valence-corrected chi connectivity index (χ2v) is 6.95. The quantitative estimate of drug-likeness (QED) is 0.778. The number of benzene rings is 2. The van der Waals surface area contributed by atoms with Crippen molar-refractivity contribution in [3.05, 3.63) is 60.7 Å². The molecule has 0 bridgehead atoms. The minimum Gasteiger partial charge on any atom is -0.377 e. The maximum Gasteiger partial charge on any atom is 0.182 e. The van der Waals surface area contributed by atoms with Crippen molar-refractivity contribution in [3.8, 4) is 0 Å². The first-order valence-corrected chi connectivity index (χ1v) is 9.25. The zero-order valence-corrected chi connectivity index (χ0v) is 15.1. The van der Waals surface area contributed by atoms with Crippen LogP contribution < -0.4 is 9.80 Å². The zero-order chi connectivity index (χ0) is 17.1. The molecule has 0 unspecified atom stereocenters. The molecule has 0 aromatic heterocycles. The molecule has 0 radical (unpaired) electrons. The van der Waals surface area contributed by atoms with Crippen molar-refractivity contribution in [1.29, 1.82) is 0 Å². The highest BCUT2D eigenvalue weighted by Crippen LogP contribution is 2.26. The molecule has 2 fully saturated rings. The number of ether oxygens (including phenoxy) is 1. The molecule has 130 valence electrons. The number of thiocarbonyl (C=S) groups is 1. The van der Waals surface area contributed by atoms with E-state index in [0.717, 1.165) is 49.4 Å². The summed E-state index contributed by atoms with van der Waals surface area (Å²) in [7, 11) is 0. The molecule has 1 atom stereocenters. The lowest BCUT2D eigenvalue weighted by Crippen LogP contribution is -2.59. The highest BCUT2D eigenvalue weighted by molar-refractivity contribution is 7.80. The Morgan fingerprint density at radius 3 is 1.92 bits per heavy atom. The Hall–Kier alpha value is -1.95. The van der Waals surface area contributed by atoms with E-state index in [1.54, 1.807) is 0 Å². The van der Waals surface area contributed by atoms with Gasteiger partial charge in [-0.25, -0.2) is 0 Å². The Labute approximate surface area is 154 Å². The highest BCUT2D eigenvalue weighted by Gasteiger charge is 2.31. The van der Waals surface area contributed by atoms with Gasteiger partial charge >= 0.3 is 0 Å². The lowest BCUT2D eigenvalue weighted by Gasteiger charge is -2.45. The van der Waals surface area contributed by atoms with Crippen molar-refractivity contribution in [1.82, 2.24) is 4.90 Å². The predicted octanol–water partition coefficient (Wildman–Crippen LogP) is 3.69. The SMILES string of the molecule is S=C1N(c2ccccc2)CN(C[C@H]2CCCO2)CN1c1ccccc1. The Balaban J connectivity index is 1.60. The van der Waals surface area contributed by atoms with E-state index < -0.39 is 0 Å². The molecule has 4 nitrogen and oxygen atoms in total. The number of nitrogens with zero attached hydrogens (tertiary/aromatic N) is 3. The number of rotatable bonds is 4. The number of hydrogen-bond acceptors (Lipinski definition) is 3. The smallest absolute Gasteiger partial charge is 0.182 e. The Kier molecular flexibility index (Phi) is 4.97. The molecule has 5 heteroatoms. The third-order valence-corrected chi connectivity index (χ3v) is 5.21. The van der Waals surface area contributed by atoms with Crippen molar-refractivity contribution in [2.75, 3.05) is 36.3 Å². The third-order valence-electron chi connectivity index (χ3n) is 4.77. The maximum absolute atomic E-state index is 5.85. The summed E-state index contributed by atoms with van der Waals surface area (Å²) in [4.78, 5) is 6.84. The molecule has 2 heterocycles. The maximum atomic E-state index is 5.85. The zero-order valence-electron chi connectivity index (χ0n) is 14.3. The van der Waals surface area contributed by atoms with E-state index in [9.17, 15) is 0 Å². The highest BCUT2D eigenvalue weighted by atomic mass is 32.1. The molecule has 0 amide bonds. The van der Waals surface area contributed by atoms with Crippen molar-refractivity contribution < 1.29 is 4.74 Å². The number of para-hydroxylation sites is 2. The molecule has 0 N–H and O–H groups in total. The average molecular weight is 353 g/mol. The first kappa shape index (κ1) is 16.5. The van der Waals surface area contributed by atoms with Crippen LogP contribution in [0, 0.1) is 0 Å². The van der Waals surface area contributed by atoms with Gasteiger partial charge in [0.15, 0.2) is 5.11 Å². The molecular formula is C20H23N3OS. The Bertz CT molecular complexity index is 652. The van der Waals surface area contributed by atoms with Crippen LogP contribution in [0.4, 0.5) is 11.4 Å². The first-order chi connectivity index (χ1) is 12.3. The lowest BCUT2D eigenvalue weighted by atomic mass is 10.2. The second kappa shape index (κ2) is 7.52. The van der Waals surface area contributed by atoms with Crippen LogP contribution in [-0.2, 0) is 4.74 Å². The van der Waals surface area contributed by atoms with E-state index in [1.165, 1.54) is 6.42 Å². The van der Waals surface area contributed by atoms with Gasteiger partial charge < -0.3 is 14.5 Å². The van der Waals surface area contributed by atoms with Gasteiger partial charge in [0.1, 0.15) is 0 Å². The standard InChI is InChI=1S/C20H23N3OS/c25-20-22(17-8-3-1-4-9-17)15-21(14-19-12-7-13-24-19)16-23(20)18-10-5-2-6-11-18/h1-6,8-11,19H,7,12-16H2/t19-/m1/s1.